The van der Waals surface area contributed by atoms with Gasteiger partial charge in [-0.05, 0) is 31.6 Å². The zero-order chi connectivity index (χ0) is 34.5. The number of ether oxygens (including phenoxy) is 1. The summed E-state index contributed by atoms with van der Waals surface area (Å²) in [4.78, 5) is 32.4. The first-order valence-electron chi connectivity index (χ1n) is 20.5. The van der Waals surface area contributed by atoms with Gasteiger partial charge in [-0.15, -0.1) is 0 Å². The Balaban J connectivity index is 3.53. The molecule has 6 nitrogen and oxygen atoms in total. The van der Waals surface area contributed by atoms with E-state index in [-0.39, 0.29) is 5.97 Å². The maximum absolute atomic E-state index is 11.4. The van der Waals surface area contributed by atoms with Crippen molar-refractivity contribution in [2.24, 2.45) is 5.92 Å². The zero-order valence-electron chi connectivity index (χ0n) is 31.1. The molecule has 1 unspecified atom stereocenters. The highest BCUT2D eigenvalue weighted by Gasteiger charge is 2.11. The summed E-state index contributed by atoms with van der Waals surface area (Å²) in [6, 6.07) is 0. The highest BCUT2D eigenvalue weighted by Crippen LogP contribution is 2.21. The predicted molar refractivity (Wildman–Crippen MR) is 197 cm³/mol. The SMILES string of the molecule is CC(=O)OCC(CCCCCCCCCCCCCCCCCCC(=O)O)CCCCCCCCCCCCCCCCCC(=O)O. The molecule has 0 saturated carbocycles. The Kier molecular flexibility index (Phi) is 36.0. The van der Waals surface area contributed by atoms with E-state index in [1.54, 1.807) is 0 Å². The van der Waals surface area contributed by atoms with Crippen LogP contribution in [0.3, 0.4) is 0 Å². The van der Waals surface area contributed by atoms with Gasteiger partial charge in [0.1, 0.15) is 0 Å². The quantitative estimate of drug-likeness (QED) is 0.0500. The lowest BCUT2D eigenvalue weighted by Gasteiger charge is -2.16. The predicted octanol–water partition coefficient (Wildman–Crippen LogP) is 13.0. The van der Waals surface area contributed by atoms with E-state index in [0.29, 0.717) is 25.4 Å². The summed E-state index contributed by atoms with van der Waals surface area (Å²) in [5, 5.41) is 17.3. The molecule has 0 spiro atoms. The van der Waals surface area contributed by atoms with Crippen molar-refractivity contribution in [3.05, 3.63) is 0 Å². The molecular weight excluding hydrogens is 588 g/mol. The maximum atomic E-state index is 11.4. The zero-order valence-corrected chi connectivity index (χ0v) is 31.1. The monoisotopic (exact) mass is 667 g/mol. The van der Waals surface area contributed by atoms with Crippen LogP contribution in [0.5, 0.6) is 0 Å². The minimum atomic E-state index is -0.667. The summed E-state index contributed by atoms with van der Waals surface area (Å²) in [6.07, 6.45) is 42.5. The summed E-state index contributed by atoms with van der Waals surface area (Å²) in [5.41, 5.74) is 0. The van der Waals surface area contributed by atoms with E-state index in [2.05, 4.69) is 0 Å². The number of carboxylic acid groups (broad SMARTS) is 2. The molecule has 0 aliphatic carbocycles. The Bertz CT molecular complexity index is 693. The van der Waals surface area contributed by atoms with Gasteiger partial charge in [-0.3, -0.25) is 14.4 Å². The van der Waals surface area contributed by atoms with E-state index >= 15 is 0 Å². The smallest absolute Gasteiger partial charge is 0.303 e. The fourth-order valence-electron chi connectivity index (χ4n) is 6.74. The van der Waals surface area contributed by atoms with Crippen molar-refractivity contribution in [3.63, 3.8) is 0 Å². The molecule has 6 heteroatoms. The molecule has 2 N–H and O–H groups in total. The van der Waals surface area contributed by atoms with Crippen LogP contribution in [0.1, 0.15) is 232 Å². The molecular formula is C41H78O6. The second kappa shape index (κ2) is 37.2. The third-order valence-corrected chi connectivity index (χ3v) is 9.78. The van der Waals surface area contributed by atoms with Gasteiger partial charge < -0.3 is 14.9 Å². The van der Waals surface area contributed by atoms with E-state index in [1.807, 2.05) is 0 Å². The van der Waals surface area contributed by atoms with Crippen molar-refractivity contribution in [3.8, 4) is 0 Å². The molecule has 0 bridgehead atoms. The van der Waals surface area contributed by atoms with Crippen LogP contribution in [0.4, 0.5) is 0 Å². The van der Waals surface area contributed by atoms with Crippen molar-refractivity contribution in [2.75, 3.05) is 6.61 Å². The van der Waals surface area contributed by atoms with Gasteiger partial charge in [0.2, 0.25) is 0 Å². The Labute approximate surface area is 291 Å². The summed E-state index contributed by atoms with van der Waals surface area (Å²) < 4.78 is 5.41. The third kappa shape index (κ3) is 40.5. The molecule has 0 aliphatic rings. The van der Waals surface area contributed by atoms with Crippen LogP contribution < -0.4 is 0 Å². The van der Waals surface area contributed by atoms with Crippen LogP contribution in [-0.2, 0) is 19.1 Å². The fourth-order valence-corrected chi connectivity index (χ4v) is 6.74. The fraction of sp³-hybridized carbons (Fsp3) is 0.927. The van der Waals surface area contributed by atoms with Crippen molar-refractivity contribution < 1.29 is 29.3 Å². The molecule has 0 aromatic carbocycles. The molecule has 0 amide bonds. The van der Waals surface area contributed by atoms with Gasteiger partial charge in [0.25, 0.3) is 0 Å². The second-order valence-electron chi connectivity index (χ2n) is 14.5. The first-order chi connectivity index (χ1) is 22.9. The average molecular weight is 667 g/mol. The van der Waals surface area contributed by atoms with Crippen molar-refractivity contribution >= 4 is 17.9 Å². The molecule has 278 valence electrons. The number of hydrogen-bond donors (Lipinski definition) is 2. The van der Waals surface area contributed by atoms with Crippen molar-refractivity contribution in [2.45, 2.75) is 232 Å². The molecule has 1 atom stereocenters. The summed E-state index contributed by atoms with van der Waals surface area (Å²) in [5.74, 6) is -0.951. The van der Waals surface area contributed by atoms with Gasteiger partial charge in [0.15, 0.2) is 0 Å². The van der Waals surface area contributed by atoms with E-state index in [9.17, 15) is 14.4 Å². The van der Waals surface area contributed by atoms with E-state index < -0.39 is 11.9 Å². The van der Waals surface area contributed by atoms with Crippen LogP contribution in [0, 0.1) is 5.92 Å². The number of aliphatic carboxylic acids is 2. The number of unbranched alkanes of at least 4 members (excludes halogenated alkanes) is 29. The van der Waals surface area contributed by atoms with Crippen LogP contribution >= 0.6 is 0 Å². The van der Waals surface area contributed by atoms with Crippen LogP contribution in [-0.4, -0.2) is 34.7 Å². The molecule has 0 heterocycles. The molecule has 0 aliphatic heterocycles. The highest BCUT2D eigenvalue weighted by molar-refractivity contribution is 5.66. The molecule has 0 saturated heterocycles. The molecule has 0 aromatic rings. The lowest BCUT2D eigenvalue weighted by Crippen LogP contribution is -2.12. The minimum absolute atomic E-state index is 0.145. The highest BCUT2D eigenvalue weighted by atomic mass is 16.5. The number of rotatable bonds is 39. The maximum Gasteiger partial charge on any atom is 0.303 e. The molecule has 0 rings (SSSR count). The van der Waals surface area contributed by atoms with Crippen molar-refractivity contribution in [1.82, 2.24) is 0 Å². The Morgan fingerprint density at radius 2 is 0.596 bits per heavy atom. The Morgan fingerprint density at radius 1 is 0.383 bits per heavy atom. The lowest BCUT2D eigenvalue weighted by molar-refractivity contribution is -0.142. The van der Waals surface area contributed by atoms with Crippen LogP contribution in [0.25, 0.3) is 0 Å². The van der Waals surface area contributed by atoms with E-state index in [4.69, 9.17) is 14.9 Å². The van der Waals surface area contributed by atoms with Gasteiger partial charge in [0, 0.05) is 19.8 Å². The van der Waals surface area contributed by atoms with Crippen LogP contribution in [0.15, 0.2) is 0 Å². The standard InChI is InChI=1S/C41H78O6/c1-38(42)47-37-39(34-30-26-22-18-14-10-6-4-8-12-16-20-24-28-32-36-41(45)46)33-29-25-21-17-13-9-5-2-3-7-11-15-19-23-27-31-35-40(43)44/h39H,2-37H2,1H3,(H,43,44)(H,45,46). The molecule has 0 fully saturated rings. The number of esters is 1. The summed E-state index contributed by atoms with van der Waals surface area (Å²) >= 11 is 0. The van der Waals surface area contributed by atoms with Gasteiger partial charge in [-0.2, -0.15) is 0 Å². The largest absolute Gasteiger partial charge is 0.481 e. The topological polar surface area (TPSA) is 101 Å². The molecule has 0 aromatic heterocycles. The van der Waals surface area contributed by atoms with Gasteiger partial charge in [-0.25, -0.2) is 0 Å². The van der Waals surface area contributed by atoms with Crippen LogP contribution in [0.2, 0.25) is 0 Å². The minimum Gasteiger partial charge on any atom is -0.481 e. The first-order valence-corrected chi connectivity index (χ1v) is 20.5. The Morgan fingerprint density at radius 3 is 0.809 bits per heavy atom. The van der Waals surface area contributed by atoms with Gasteiger partial charge in [-0.1, -0.05) is 186 Å². The third-order valence-electron chi connectivity index (χ3n) is 9.78. The lowest BCUT2D eigenvalue weighted by atomic mass is 9.94. The number of carbonyl (C=O) groups excluding carboxylic acids is 1. The van der Waals surface area contributed by atoms with Gasteiger partial charge >= 0.3 is 17.9 Å². The molecule has 0 radical (unpaired) electrons. The summed E-state index contributed by atoms with van der Waals surface area (Å²) in [7, 11) is 0. The van der Waals surface area contributed by atoms with Gasteiger partial charge in [0.05, 0.1) is 6.61 Å². The number of hydrogen-bond acceptors (Lipinski definition) is 4. The second-order valence-corrected chi connectivity index (χ2v) is 14.5. The summed E-state index contributed by atoms with van der Waals surface area (Å²) in [6.45, 7) is 2.13. The first kappa shape index (κ1) is 45.4. The van der Waals surface area contributed by atoms with Crippen molar-refractivity contribution in [1.29, 1.82) is 0 Å². The normalized spacial score (nSPS) is 11.9. The average Bonchev–Trinajstić information content (AvgIpc) is 3.03. The van der Waals surface area contributed by atoms with E-state index in [1.165, 1.54) is 193 Å². The van der Waals surface area contributed by atoms with E-state index in [0.717, 1.165) is 25.7 Å². The molecule has 47 heavy (non-hydrogen) atoms. The number of carbonyl (C=O) groups is 3. The Hall–Kier alpha value is -1.59. The number of carboxylic acids is 2.